The van der Waals surface area contributed by atoms with E-state index in [1.54, 1.807) is 24.3 Å². The topological polar surface area (TPSA) is 83.6 Å². The molecule has 0 radical (unpaired) electrons. The van der Waals surface area contributed by atoms with Crippen LogP contribution in [0.2, 0.25) is 0 Å². The normalized spacial score (nSPS) is 12.7. The highest BCUT2D eigenvalue weighted by Gasteiger charge is 2.18. The van der Waals surface area contributed by atoms with Gasteiger partial charge in [0.05, 0.1) is 11.2 Å². The molecule has 1 N–H and O–H groups in total. The fraction of sp³-hybridized carbons (Fsp3) is 0.600. The molecule has 0 atom stereocenters. The summed E-state index contributed by atoms with van der Waals surface area (Å²) >= 11 is 0. The van der Waals surface area contributed by atoms with E-state index in [0.29, 0.717) is 6.54 Å². The number of unbranched alkanes of at least 4 members (excludes halogenated alkanes) is 1. The van der Waals surface area contributed by atoms with E-state index in [0.717, 1.165) is 31.1 Å². The lowest BCUT2D eigenvalue weighted by molar-refractivity contribution is 0.408. The van der Waals surface area contributed by atoms with Gasteiger partial charge < -0.3 is 0 Å². The Hall–Kier alpha value is -0.960. The lowest BCUT2D eigenvalue weighted by Crippen LogP contribution is -2.38. The average molecular weight is 363 g/mol. The molecule has 1 rings (SSSR count). The molecule has 0 heterocycles. The number of rotatable bonds is 10. The summed E-state index contributed by atoms with van der Waals surface area (Å²) in [5.41, 5.74) is 1.06. The molecular formula is C15H26N2O4S2. The van der Waals surface area contributed by atoms with E-state index in [9.17, 15) is 16.8 Å². The predicted molar refractivity (Wildman–Crippen MR) is 92.3 cm³/mol. The van der Waals surface area contributed by atoms with Crippen LogP contribution in [0, 0.1) is 0 Å². The lowest BCUT2D eigenvalue weighted by atomic mass is 10.2. The molecule has 6 nitrogen and oxygen atoms in total. The summed E-state index contributed by atoms with van der Waals surface area (Å²) in [5, 5.41) is 0. The van der Waals surface area contributed by atoms with Crippen molar-refractivity contribution >= 4 is 20.0 Å². The maximum absolute atomic E-state index is 12.2. The van der Waals surface area contributed by atoms with Crippen LogP contribution in [0.1, 0.15) is 32.3 Å². The van der Waals surface area contributed by atoms with Gasteiger partial charge in [0, 0.05) is 19.6 Å². The van der Waals surface area contributed by atoms with Crippen molar-refractivity contribution in [2.75, 3.05) is 25.9 Å². The van der Waals surface area contributed by atoms with Gasteiger partial charge in [0.15, 0.2) is 0 Å². The molecule has 0 bridgehead atoms. The molecule has 0 aliphatic heterocycles. The molecule has 0 aliphatic rings. The molecule has 132 valence electrons. The summed E-state index contributed by atoms with van der Waals surface area (Å²) in [5.74, 6) is 0. The maximum atomic E-state index is 12.2. The Kier molecular flexibility index (Phi) is 7.66. The van der Waals surface area contributed by atoms with Crippen LogP contribution < -0.4 is 4.72 Å². The lowest BCUT2D eigenvalue weighted by Gasteiger charge is -2.19. The van der Waals surface area contributed by atoms with Gasteiger partial charge in [0.1, 0.15) is 0 Å². The third-order valence-corrected chi connectivity index (χ3v) is 6.31. The molecule has 0 unspecified atom stereocenters. The van der Waals surface area contributed by atoms with Gasteiger partial charge in [-0.15, -0.1) is 0 Å². The van der Waals surface area contributed by atoms with Gasteiger partial charge in [-0.1, -0.05) is 32.4 Å². The second-order valence-corrected chi connectivity index (χ2v) is 9.16. The van der Waals surface area contributed by atoms with Gasteiger partial charge in [-0.2, -0.15) is 0 Å². The Morgan fingerprint density at radius 3 is 2.09 bits per heavy atom. The number of hydrogen-bond acceptors (Lipinski definition) is 4. The molecule has 23 heavy (non-hydrogen) atoms. The van der Waals surface area contributed by atoms with E-state index in [-0.39, 0.29) is 18.0 Å². The van der Waals surface area contributed by atoms with Gasteiger partial charge in [-0.25, -0.2) is 25.9 Å². The quantitative estimate of drug-likeness (QED) is 0.685. The van der Waals surface area contributed by atoms with Crippen molar-refractivity contribution in [3.05, 3.63) is 29.8 Å². The zero-order chi connectivity index (χ0) is 17.5. The minimum atomic E-state index is -3.62. The first-order valence-electron chi connectivity index (χ1n) is 7.74. The largest absolute Gasteiger partial charge is 0.240 e. The van der Waals surface area contributed by atoms with Crippen molar-refractivity contribution in [3.8, 4) is 0 Å². The Bertz CT molecular complexity index is 683. The van der Waals surface area contributed by atoms with E-state index in [2.05, 4.69) is 4.72 Å². The number of hydrogen-bond donors (Lipinski definition) is 1. The van der Waals surface area contributed by atoms with Crippen LogP contribution in [0.25, 0.3) is 0 Å². The third kappa shape index (κ3) is 6.58. The molecule has 1 aromatic carbocycles. The van der Waals surface area contributed by atoms with Crippen molar-refractivity contribution in [2.45, 2.75) is 38.0 Å². The molecule has 0 aromatic heterocycles. The number of sulfonamides is 2. The number of nitrogens with zero attached hydrogens (tertiary/aromatic N) is 1. The molecule has 0 saturated carbocycles. The fourth-order valence-electron chi connectivity index (χ4n) is 2.07. The minimum absolute atomic E-state index is 0.0502. The molecule has 0 fully saturated rings. The van der Waals surface area contributed by atoms with Gasteiger partial charge in [0.25, 0.3) is 0 Å². The Morgan fingerprint density at radius 2 is 1.61 bits per heavy atom. The molecule has 1 aromatic rings. The van der Waals surface area contributed by atoms with Gasteiger partial charge in [-0.3, -0.25) is 0 Å². The molecule has 0 aliphatic carbocycles. The highest BCUT2D eigenvalue weighted by Crippen LogP contribution is 2.11. The number of benzene rings is 1. The van der Waals surface area contributed by atoms with Crippen LogP contribution in [0.4, 0.5) is 0 Å². The zero-order valence-corrected chi connectivity index (χ0v) is 15.6. The summed E-state index contributed by atoms with van der Waals surface area (Å²) in [4.78, 5) is 0.189. The first-order chi connectivity index (χ1) is 10.7. The van der Waals surface area contributed by atoms with Crippen LogP contribution >= 0.6 is 0 Å². The Morgan fingerprint density at radius 1 is 1.00 bits per heavy atom. The van der Waals surface area contributed by atoms with Crippen molar-refractivity contribution in [1.82, 2.24) is 9.03 Å². The van der Waals surface area contributed by atoms with Crippen LogP contribution in [-0.2, 0) is 26.5 Å². The van der Waals surface area contributed by atoms with Crippen LogP contribution in [0.5, 0.6) is 0 Å². The van der Waals surface area contributed by atoms with Crippen molar-refractivity contribution < 1.29 is 16.8 Å². The summed E-state index contributed by atoms with van der Waals surface area (Å²) in [7, 11) is -6.95. The first-order valence-corrected chi connectivity index (χ1v) is 11.1. The van der Waals surface area contributed by atoms with Crippen molar-refractivity contribution in [2.24, 2.45) is 0 Å². The van der Waals surface area contributed by atoms with E-state index < -0.39 is 20.0 Å². The number of aryl methyl sites for hydroxylation is 1. The molecule has 0 amide bonds. The summed E-state index contributed by atoms with van der Waals surface area (Å²) < 4.78 is 51.5. The second-order valence-electron chi connectivity index (χ2n) is 5.41. The molecule has 0 spiro atoms. The van der Waals surface area contributed by atoms with Crippen LogP contribution in [0.15, 0.2) is 29.2 Å². The summed E-state index contributed by atoms with van der Waals surface area (Å²) in [6, 6.07) is 6.68. The third-order valence-electron chi connectivity index (χ3n) is 3.53. The highest BCUT2D eigenvalue weighted by molar-refractivity contribution is 7.89. The smallest absolute Gasteiger partial charge is 0.213 e. The monoisotopic (exact) mass is 362 g/mol. The van der Waals surface area contributed by atoms with Gasteiger partial charge in [0.2, 0.25) is 20.0 Å². The predicted octanol–water partition coefficient (Wildman–Crippen LogP) is 1.59. The summed E-state index contributed by atoms with van der Waals surface area (Å²) in [6.07, 6.45) is 3.61. The molecule has 0 saturated heterocycles. The molecular weight excluding hydrogens is 336 g/mol. The van der Waals surface area contributed by atoms with Crippen molar-refractivity contribution in [1.29, 1.82) is 0 Å². The SMILES string of the molecule is CCCCN(CCNS(=O)(=O)c1ccc(CC)cc1)S(C)(=O)=O. The van der Waals surface area contributed by atoms with E-state index in [4.69, 9.17) is 0 Å². The number of nitrogens with one attached hydrogen (secondary N) is 1. The van der Waals surface area contributed by atoms with Crippen LogP contribution in [0.3, 0.4) is 0 Å². The first kappa shape index (κ1) is 20.1. The minimum Gasteiger partial charge on any atom is -0.213 e. The summed E-state index contributed by atoms with van der Waals surface area (Å²) in [6.45, 7) is 4.56. The Labute approximate surface area is 140 Å². The standard InChI is InChI=1S/C15H26N2O4S2/c1-4-6-12-17(22(3,18)19)13-11-16-23(20,21)15-9-7-14(5-2)8-10-15/h7-10,16H,4-6,11-13H2,1-3H3. The zero-order valence-electron chi connectivity index (χ0n) is 13.9. The van der Waals surface area contributed by atoms with Gasteiger partial charge in [-0.05, 0) is 30.5 Å². The second kappa shape index (κ2) is 8.77. The van der Waals surface area contributed by atoms with Gasteiger partial charge >= 0.3 is 0 Å². The van der Waals surface area contributed by atoms with E-state index in [1.165, 1.54) is 4.31 Å². The highest BCUT2D eigenvalue weighted by atomic mass is 32.2. The van der Waals surface area contributed by atoms with Crippen molar-refractivity contribution in [3.63, 3.8) is 0 Å². The van der Waals surface area contributed by atoms with Crippen LogP contribution in [-0.4, -0.2) is 47.0 Å². The van der Waals surface area contributed by atoms with E-state index >= 15 is 0 Å². The average Bonchev–Trinajstić information content (AvgIpc) is 2.49. The Balaban J connectivity index is 2.67. The fourth-order valence-corrected chi connectivity index (χ4v) is 3.98. The molecule has 8 heteroatoms. The van der Waals surface area contributed by atoms with E-state index in [1.807, 2.05) is 13.8 Å². The maximum Gasteiger partial charge on any atom is 0.240 e.